The highest BCUT2D eigenvalue weighted by molar-refractivity contribution is 5.83. The highest BCUT2D eigenvalue weighted by Gasteiger charge is 2.40. The molecule has 0 heterocycles. The van der Waals surface area contributed by atoms with Crippen LogP contribution in [0.1, 0.15) is 5.56 Å². The number of aliphatic carboxylic acids is 1. The number of alkyl halides is 1. The summed E-state index contributed by atoms with van der Waals surface area (Å²) in [4.78, 5) is 10.9. The van der Waals surface area contributed by atoms with Crippen LogP contribution in [0.5, 0.6) is 0 Å². The third-order valence-electron chi connectivity index (χ3n) is 2.65. The van der Waals surface area contributed by atoms with Crippen molar-refractivity contribution in [2.45, 2.75) is 5.85 Å². The number of carboxylic acid groups (broad SMARTS) is 1. The van der Waals surface area contributed by atoms with E-state index in [4.69, 9.17) is 5.11 Å². The van der Waals surface area contributed by atoms with E-state index in [0.29, 0.717) is 5.57 Å². The number of aliphatic hydroxyl groups is 1. The zero-order valence-electron chi connectivity index (χ0n) is 8.88. The number of hydrogen-bond donors (Lipinski definition) is 2. The van der Waals surface area contributed by atoms with Crippen LogP contribution < -0.4 is 0 Å². The minimum absolute atomic E-state index is 0.584. The van der Waals surface area contributed by atoms with E-state index in [2.05, 4.69) is 0 Å². The Morgan fingerprint density at radius 3 is 2.53 bits per heavy atom. The smallest absolute Gasteiger partial charge is 0.316 e. The van der Waals surface area contributed by atoms with Crippen LogP contribution >= 0.6 is 0 Å². The Kier molecular flexibility index (Phi) is 2.81. The summed E-state index contributed by atoms with van der Waals surface area (Å²) in [6.45, 7) is 0. The van der Waals surface area contributed by atoms with Crippen LogP contribution in [-0.2, 0) is 4.79 Å². The quantitative estimate of drug-likeness (QED) is 0.822. The molecule has 0 bridgehead atoms. The molecule has 0 amide bonds. The fourth-order valence-electron chi connectivity index (χ4n) is 1.73. The maximum absolute atomic E-state index is 13.5. The van der Waals surface area contributed by atoms with Crippen molar-refractivity contribution >= 4 is 11.5 Å². The van der Waals surface area contributed by atoms with Gasteiger partial charge >= 0.3 is 5.97 Å². The van der Waals surface area contributed by atoms with Gasteiger partial charge in [0.05, 0.1) is 0 Å². The molecule has 0 aromatic heterocycles. The van der Waals surface area contributed by atoms with Gasteiger partial charge in [-0.25, -0.2) is 4.39 Å². The number of carboxylic acids is 1. The minimum Gasteiger partial charge on any atom is -0.481 e. The van der Waals surface area contributed by atoms with Crippen LogP contribution in [0.2, 0.25) is 0 Å². The number of halogens is 1. The summed E-state index contributed by atoms with van der Waals surface area (Å²) >= 11 is 0. The molecule has 1 aromatic rings. The van der Waals surface area contributed by atoms with Gasteiger partial charge in [0, 0.05) is 0 Å². The van der Waals surface area contributed by atoms with Crippen molar-refractivity contribution in [2.24, 2.45) is 5.92 Å². The normalized spacial score (nSPS) is 27.6. The van der Waals surface area contributed by atoms with Gasteiger partial charge in [0.2, 0.25) is 5.85 Å². The van der Waals surface area contributed by atoms with Crippen LogP contribution in [0.4, 0.5) is 4.39 Å². The Balaban J connectivity index is 2.39. The van der Waals surface area contributed by atoms with Gasteiger partial charge in [-0.2, -0.15) is 0 Å². The van der Waals surface area contributed by atoms with E-state index in [1.165, 1.54) is 12.2 Å². The summed E-state index contributed by atoms with van der Waals surface area (Å²) in [5.41, 5.74) is 1.37. The lowest BCUT2D eigenvalue weighted by atomic mass is 9.89. The van der Waals surface area contributed by atoms with Crippen molar-refractivity contribution in [3.63, 3.8) is 0 Å². The molecule has 0 aliphatic heterocycles. The van der Waals surface area contributed by atoms with E-state index in [1.807, 2.05) is 6.07 Å². The standard InChI is InChI=1S/C13H11FO3/c14-13(17)7-6-10(8-11(13)12(15)16)9-4-2-1-3-5-9/h1-8,11,17H,(H,15,16). The van der Waals surface area contributed by atoms with Crippen molar-refractivity contribution in [1.29, 1.82) is 0 Å². The molecule has 2 atom stereocenters. The van der Waals surface area contributed by atoms with Crippen molar-refractivity contribution in [1.82, 2.24) is 0 Å². The molecule has 1 aromatic carbocycles. The Labute approximate surface area is 97.5 Å². The molecular weight excluding hydrogens is 223 g/mol. The predicted molar refractivity (Wildman–Crippen MR) is 60.7 cm³/mol. The predicted octanol–water partition coefficient (Wildman–Crippen LogP) is 2.00. The van der Waals surface area contributed by atoms with E-state index in [1.54, 1.807) is 24.3 Å². The van der Waals surface area contributed by atoms with Gasteiger partial charge in [0.25, 0.3) is 0 Å². The molecule has 1 aliphatic rings. The summed E-state index contributed by atoms with van der Waals surface area (Å²) in [6, 6.07) is 9.01. The van der Waals surface area contributed by atoms with E-state index >= 15 is 0 Å². The molecule has 0 fully saturated rings. The van der Waals surface area contributed by atoms with Gasteiger partial charge < -0.3 is 10.2 Å². The highest BCUT2D eigenvalue weighted by Crippen LogP contribution is 2.32. The van der Waals surface area contributed by atoms with E-state index < -0.39 is 17.7 Å². The first kappa shape index (κ1) is 11.5. The second-order valence-electron chi connectivity index (χ2n) is 3.86. The molecule has 0 spiro atoms. The fraction of sp³-hybridized carbons (Fsp3) is 0.154. The maximum Gasteiger partial charge on any atom is 0.316 e. The van der Waals surface area contributed by atoms with Crippen LogP contribution in [-0.4, -0.2) is 22.0 Å². The fourth-order valence-corrected chi connectivity index (χ4v) is 1.73. The van der Waals surface area contributed by atoms with Crippen LogP contribution in [0.3, 0.4) is 0 Å². The monoisotopic (exact) mass is 234 g/mol. The SMILES string of the molecule is O=C(O)C1C=C(c2ccccc2)C=CC1(O)F. The summed E-state index contributed by atoms with van der Waals surface area (Å²) < 4.78 is 13.5. The summed E-state index contributed by atoms with van der Waals surface area (Å²) in [5.74, 6) is -5.81. The first-order chi connectivity index (χ1) is 8.00. The molecule has 3 nitrogen and oxygen atoms in total. The summed E-state index contributed by atoms with van der Waals surface area (Å²) in [7, 11) is 0. The molecule has 2 N–H and O–H groups in total. The van der Waals surface area contributed by atoms with Gasteiger partial charge in [-0.05, 0) is 17.2 Å². The molecule has 4 heteroatoms. The molecule has 0 saturated carbocycles. The molecule has 1 aliphatic carbocycles. The van der Waals surface area contributed by atoms with Crippen molar-refractivity contribution in [3.8, 4) is 0 Å². The largest absolute Gasteiger partial charge is 0.481 e. The van der Waals surface area contributed by atoms with E-state index in [9.17, 15) is 14.3 Å². The van der Waals surface area contributed by atoms with Crippen LogP contribution in [0.25, 0.3) is 5.57 Å². The lowest BCUT2D eigenvalue weighted by molar-refractivity contribution is -0.156. The lowest BCUT2D eigenvalue weighted by Crippen LogP contribution is -2.36. The minimum atomic E-state index is -2.83. The number of benzene rings is 1. The van der Waals surface area contributed by atoms with Crippen LogP contribution in [0, 0.1) is 5.92 Å². The third kappa shape index (κ3) is 2.26. The molecule has 0 saturated heterocycles. The molecule has 17 heavy (non-hydrogen) atoms. The molecule has 88 valence electrons. The Morgan fingerprint density at radius 1 is 1.29 bits per heavy atom. The molecule has 2 rings (SSSR count). The zero-order chi connectivity index (χ0) is 12.5. The summed E-state index contributed by atoms with van der Waals surface area (Å²) in [6.07, 6.45) is 3.47. The zero-order valence-corrected chi connectivity index (χ0v) is 8.88. The maximum atomic E-state index is 13.5. The van der Waals surface area contributed by atoms with E-state index in [0.717, 1.165) is 11.6 Å². The number of allylic oxidation sites excluding steroid dienone is 2. The molecule has 0 radical (unpaired) electrons. The Hall–Kier alpha value is -1.94. The van der Waals surface area contributed by atoms with Crippen LogP contribution in [0.15, 0.2) is 48.6 Å². The lowest BCUT2D eigenvalue weighted by Gasteiger charge is -2.24. The van der Waals surface area contributed by atoms with Crippen molar-refractivity contribution in [3.05, 3.63) is 54.1 Å². The number of carbonyl (C=O) groups is 1. The summed E-state index contributed by atoms with van der Waals surface area (Å²) in [5, 5.41) is 18.2. The average Bonchev–Trinajstić information content (AvgIpc) is 2.29. The Morgan fingerprint density at radius 2 is 1.94 bits per heavy atom. The molecule has 2 unspecified atom stereocenters. The molecular formula is C13H11FO3. The second-order valence-corrected chi connectivity index (χ2v) is 3.86. The third-order valence-corrected chi connectivity index (χ3v) is 2.65. The van der Waals surface area contributed by atoms with Gasteiger partial charge in [-0.15, -0.1) is 0 Å². The topological polar surface area (TPSA) is 57.5 Å². The van der Waals surface area contributed by atoms with Gasteiger partial charge in [0.15, 0.2) is 0 Å². The van der Waals surface area contributed by atoms with Gasteiger partial charge in [-0.1, -0.05) is 42.5 Å². The van der Waals surface area contributed by atoms with Gasteiger partial charge in [-0.3, -0.25) is 4.79 Å². The average molecular weight is 234 g/mol. The second kappa shape index (κ2) is 4.14. The van der Waals surface area contributed by atoms with Gasteiger partial charge in [0.1, 0.15) is 5.92 Å². The van der Waals surface area contributed by atoms with Crippen molar-refractivity contribution < 1.29 is 19.4 Å². The highest BCUT2D eigenvalue weighted by atomic mass is 19.2. The first-order valence-corrected chi connectivity index (χ1v) is 5.11. The van der Waals surface area contributed by atoms with Crippen molar-refractivity contribution in [2.75, 3.05) is 0 Å². The number of rotatable bonds is 2. The van der Waals surface area contributed by atoms with E-state index in [-0.39, 0.29) is 0 Å². The first-order valence-electron chi connectivity index (χ1n) is 5.11. The Bertz CT molecular complexity index is 489. The number of hydrogen-bond acceptors (Lipinski definition) is 2.